The maximum absolute atomic E-state index is 13.5. The first kappa shape index (κ1) is 20.4. The quantitative estimate of drug-likeness (QED) is 0.588. The lowest BCUT2D eigenvalue weighted by Crippen LogP contribution is -2.27. The number of thiophene rings is 1. The molecule has 2 aromatic heterocycles. The van der Waals surface area contributed by atoms with Crippen molar-refractivity contribution >= 4 is 28.8 Å². The van der Waals surface area contributed by atoms with E-state index in [1.807, 2.05) is 17.5 Å². The van der Waals surface area contributed by atoms with Gasteiger partial charge in [-0.3, -0.25) is 4.79 Å². The lowest BCUT2D eigenvalue weighted by Gasteiger charge is -2.30. The van der Waals surface area contributed by atoms with Gasteiger partial charge < -0.3 is 24.8 Å². The molecule has 0 amide bonds. The zero-order valence-corrected chi connectivity index (χ0v) is 18.6. The summed E-state index contributed by atoms with van der Waals surface area (Å²) in [6.07, 6.45) is 1.09. The van der Waals surface area contributed by atoms with E-state index in [0.717, 1.165) is 11.3 Å². The van der Waals surface area contributed by atoms with Gasteiger partial charge >= 0.3 is 0 Å². The van der Waals surface area contributed by atoms with E-state index in [1.54, 1.807) is 38.7 Å². The largest absolute Gasteiger partial charge is 0.493 e. The van der Waals surface area contributed by atoms with E-state index in [2.05, 4.69) is 27.0 Å². The summed E-state index contributed by atoms with van der Waals surface area (Å²) in [6, 6.07) is 7.19. The monoisotopic (exact) mass is 454 g/mol. The number of carbonyl (C=O) groups excluding carboxylic acids is 1. The molecule has 0 unspecified atom stereocenters. The van der Waals surface area contributed by atoms with Crippen molar-refractivity contribution in [1.29, 1.82) is 0 Å². The molecule has 2 aliphatic rings. The number of Topliss-reactive ketones (excluding diaryl/α,β-unsaturated/α-hetero) is 1. The molecule has 10 heteroatoms. The van der Waals surface area contributed by atoms with Gasteiger partial charge in [0.2, 0.25) is 17.4 Å². The van der Waals surface area contributed by atoms with Crippen LogP contribution in [-0.4, -0.2) is 37.4 Å². The van der Waals surface area contributed by atoms with Crippen LogP contribution < -0.4 is 24.8 Å². The Hall–Kier alpha value is -3.53. The van der Waals surface area contributed by atoms with Gasteiger partial charge in [-0.2, -0.15) is 0 Å². The zero-order chi connectivity index (χ0) is 22.2. The SMILES string of the molecule is COc1ccc([C@@H]2Nc3nonc3NC3=C2C(=O)C[C@H](c2cccs2)C3)c(OC)c1OC. The highest BCUT2D eigenvalue weighted by molar-refractivity contribution is 7.10. The van der Waals surface area contributed by atoms with Crippen LogP contribution in [-0.2, 0) is 4.79 Å². The highest BCUT2D eigenvalue weighted by Gasteiger charge is 2.39. The molecule has 3 aromatic rings. The average molecular weight is 455 g/mol. The van der Waals surface area contributed by atoms with Crippen LogP contribution in [0.15, 0.2) is 45.5 Å². The number of ketones is 1. The highest BCUT2D eigenvalue weighted by atomic mass is 32.1. The van der Waals surface area contributed by atoms with Crippen LogP contribution >= 0.6 is 11.3 Å². The smallest absolute Gasteiger partial charge is 0.219 e. The van der Waals surface area contributed by atoms with Crippen LogP contribution in [0.5, 0.6) is 17.2 Å². The highest BCUT2D eigenvalue weighted by Crippen LogP contribution is 2.49. The second kappa shape index (κ2) is 8.19. The second-order valence-electron chi connectivity index (χ2n) is 7.52. The summed E-state index contributed by atoms with van der Waals surface area (Å²) in [5.74, 6) is 2.47. The number of benzene rings is 1. The Bertz CT molecular complexity index is 1190. The van der Waals surface area contributed by atoms with Crippen molar-refractivity contribution < 1.29 is 23.6 Å². The Kier molecular flexibility index (Phi) is 5.22. The first-order valence-electron chi connectivity index (χ1n) is 10.1. The standard InChI is InChI=1S/C22H22N4O5S/c1-28-15-7-6-12(19(29-2)20(15)30-3)18-17-13(23-21-22(24-18)26-31-25-21)9-11(10-14(17)27)16-5-4-8-32-16/h4-8,11,18H,9-10H2,1-3H3,(H,23,25)(H,24,26)/t11-,18+/m1/s1. The van der Waals surface area contributed by atoms with Crippen LogP contribution in [0.2, 0.25) is 0 Å². The Balaban J connectivity index is 1.66. The fourth-order valence-electron chi connectivity index (χ4n) is 4.41. The normalized spacial score (nSPS) is 19.9. The van der Waals surface area contributed by atoms with Crippen molar-refractivity contribution in [2.24, 2.45) is 0 Å². The van der Waals surface area contributed by atoms with E-state index in [4.69, 9.17) is 18.8 Å². The minimum Gasteiger partial charge on any atom is -0.493 e. The molecule has 3 heterocycles. The molecular formula is C22H22N4O5S. The van der Waals surface area contributed by atoms with Crippen molar-refractivity contribution in [3.63, 3.8) is 0 Å². The van der Waals surface area contributed by atoms with Crippen LogP contribution in [0.4, 0.5) is 11.6 Å². The number of hydrogen-bond acceptors (Lipinski definition) is 10. The molecule has 1 aromatic carbocycles. The van der Waals surface area contributed by atoms with Gasteiger partial charge in [0.05, 0.1) is 27.4 Å². The van der Waals surface area contributed by atoms with E-state index >= 15 is 0 Å². The summed E-state index contributed by atoms with van der Waals surface area (Å²) in [5.41, 5.74) is 2.14. The molecule has 32 heavy (non-hydrogen) atoms. The molecule has 1 aliphatic heterocycles. The lowest BCUT2D eigenvalue weighted by molar-refractivity contribution is -0.116. The van der Waals surface area contributed by atoms with Gasteiger partial charge in [-0.1, -0.05) is 6.07 Å². The van der Waals surface area contributed by atoms with Crippen LogP contribution in [0, 0.1) is 0 Å². The Morgan fingerprint density at radius 2 is 1.84 bits per heavy atom. The van der Waals surface area contributed by atoms with Crippen molar-refractivity contribution in [3.8, 4) is 17.2 Å². The molecule has 2 N–H and O–H groups in total. The van der Waals surface area contributed by atoms with Crippen LogP contribution in [0.25, 0.3) is 0 Å². The number of fused-ring (bicyclic) bond motifs is 1. The number of methoxy groups -OCH3 is 3. The molecular weight excluding hydrogens is 432 g/mol. The summed E-state index contributed by atoms with van der Waals surface area (Å²) in [6.45, 7) is 0. The first-order valence-corrected chi connectivity index (χ1v) is 11.0. The van der Waals surface area contributed by atoms with E-state index in [1.165, 1.54) is 4.88 Å². The van der Waals surface area contributed by atoms with E-state index < -0.39 is 6.04 Å². The van der Waals surface area contributed by atoms with E-state index in [-0.39, 0.29) is 11.7 Å². The molecule has 9 nitrogen and oxygen atoms in total. The number of nitrogens with one attached hydrogen (secondary N) is 2. The molecule has 1 aliphatic carbocycles. The summed E-state index contributed by atoms with van der Waals surface area (Å²) in [4.78, 5) is 14.7. The number of rotatable bonds is 5. The molecule has 0 bridgehead atoms. The predicted octanol–water partition coefficient (Wildman–Crippen LogP) is 4.14. The van der Waals surface area contributed by atoms with Gasteiger partial charge in [0.1, 0.15) is 0 Å². The molecule has 2 atom stereocenters. The summed E-state index contributed by atoms with van der Waals surface area (Å²) in [7, 11) is 4.67. The summed E-state index contributed by atoms with van der Waals surface area (Å²) < 4.78 is 21.6. The van der Waals surface area contributed by atoms with Gasteiger partial charge in [0, 0.05) is 34.0 Å². The minimum atomic E-state index is -0.544. The number of nitrogens with zero attached hydrogens (tertiary/aromatic N) is 2. The number of aromatic nitrogens is 2. The number of ether oxygens (including phenoxy) is 3. The molecule has 0 saturated carbocycles. The Labute approximate surface area is 188 Å². The van der Waals surface area contributed by atoms with Crippen LogP contribution in [0.1, 0.15) is 35.2 Å². The lowest BCUT2D eigenvalue weighted by atomic mass is 9.80. The number of allylic oxidation sites excluding steroid dienone is 1. The summed E-state index contributed by atoms with van der Waals surface area (Å²) >= 11 is 1.66. The Morgan fingerprint density at radius 3 is 2.56 bits per heavy atom. The third-order valence-corrected chi connectivity index (χ3v) is 6.86. The average Bonchev–Trinajstić information content (AvgIpc) is 3.47. The van der Waals surface area contributed by atoms with Crippen molar-refractivity contribution in [2.75, 3.05) is 32.0 Å². The molecule has 0 fully saturated rings. The molecule has 166 valence electrons. The number of hydrogen-bond donors (Lipinski definition) is 2. The second-order valence-corrected chi connectivity index (χ2v) is 8.50. The van der Waals surface area contributed by atoms with Crippen molar-refractivity contribution in [1.82, 2.24) is 10.3 Å². The van der Waals surface area contributed by atoms with Gasteiger partial charge in [-0.25, -0.2) is 4.63 Å². The van der Waals surface area contributed by atoms with Gasteiger partial charge in [-0.05, 0) is 40.3 Å². The maximum Gasteiger partial charge on any atom is 0.219 e. The maximum atomic E-state index is 13.5. The third-order valence-electron chi connectivity index (χ3n) is 5.83. The zero-order valence-electron chi connectivity index (χ0n) is 17.8. The minimum absolute atomic E-state index is 0.0496. The van der Waals surface area contributed by atoms with E-state index in [9.17, 15) is 4.79 Å². The van der Waals surface area contributed by atoms with Crippen molar-refractivity contribution in [3.05, 3.63) is 51.4 Å². The Morgan fingerprint density at radius 1 is 1.03 bits per heavy atom. The van der Waals surface area contributed by atoms with Gasteiger partial charge in [0.25, 0.3) is 0 Å². The third kappa shape index (κ3) is 3.27. The van der Waals surface area contributed by atoms with E-state index in [0.29, 0.717) is 47.3 Å². The fraction of sp³-hybridized carbons (Fsp3) is 0.318. The number of carbonyl (C=O) groups is 1. The number of anilines is 2. The predicted molar refractivity (Wildman–Crippen MR) is 119 cm³/mol. The van der Waals surface area contributed by atoms with Crippen LogP contribution in [0.3, 0.4) is 0 Å². The molecule has 0 spiro atoms. The van der Waals surface area contributed by atoms with Gasteiger partial charge in [0.15, 0.2) is 17.3 Å². The molecule has 0 radical (unpaired) electrons. The topological polar surface area (TPSA) is 108 Å². The fourth-order valence-corrected chi connectivity index (χ4v) is 5.24. The molecule has 5 rings (SSSR count). The summed E-state index contributed by atoms with van der Waals surface area (Å²) in [5, 5.41) is 16.6. The molecule has 0 saturated heterocycles. The first-order chi connectivity index (χ1) is 15.6. The van der Waals surface area contributed by atoms with Crippen molar-refractivity contribution in [2.45, 2.75) is 24.8 Å². The van der Waals surface area contributed by atoms with Gasteiger partial charge in [-0.15, -0.1) is 11.3 Å².